The molecule has 2 fully saturated rings. The van der Waals surface area contributed by atoms with Crippen LogP contribution in [0.25, 0.3) is 0 Å². The summed E-state index contributed by atoms with van der Waals surface area (Å²) in [4.78, 5) is 16.8. The Morgan fingerprint density at radius 1 is 1.18 bits per heavy atom. The minimum atomic E-state index is 0. The zero-order valence-electron chi connectivity index (χ0n) is 16.5. The SMILES string of the molecule is COc1ccc(OC)c(CN2CCN(C(=O)CC3COCCN3)CC2)c1.Cl.Cl. The molecule has 3 rings (SSSR count). The molecule has 2 heterocycles. The van der Waals surface area contributed by atoms with Crippen molar-refractivity contribution in [3.8, 4) is 11.5 Å². The van der Waals surface area contributed by atoms with E-state index in [1.807, 2.05) is 23.1 Å². The number of ether oxygens (including phenoxy) is 3. The van der Waals surface area contributed by atoms with Crippen LogP contribution in [-0.4, -0.2) is 81.9 Å². The molecule has 1 aromatic carbocycles. The zero-order chi connectivity index (χ0) is 18.4. The van der Waals surface area contributed by atoms with E-state index in [1.165, 1.54) is 0 Å². The van der Waals surface area contributed by atoms with Gasteiger partial charge in [0.15, 0.2) is 0 Å². The van der Waals surface area contributed by atoms with Crippen LogP contribution in [0.2, 0.25) is 0 Å². The minimum Gasteiger partial charge on any atom is -0.497 e. The number of hydrogen-bond acceptors (Lipinski definition) is 6. The lowest BCUT2D eigenvalue weighted by atomic mass is 10.1. The molecule has 28 heavy (non-hydrogen) atoms. The van der Waals surface area contributed by atoms with Crippen LogP contribution in [0.1, 0.15) is 12.0 Å². The molecule has 0 aliphatic carbocycles. The largest absolute Gasteiger partial charge is 0.497 e. The van der Waals surface area contributed by atoms with E-state index in [9.17, 15) is 4.79 Å². The number of halogens is 2. The van der Waals surface area contributed by atoms with Crippen molar-refractivity contribution in [3.05, 3.63) is 23.8 Å². The topological polar surface area (TPSA) is 63.3 Å². The number of rotatable bonds is 6. The fraction of sp³-hybridized carbons (Fsp3) is 0.632. The van der Waals surface area contributed by atoms with E-state index in [0.717, 1.165) is 62.9 Å². The zero-order valence-corrected chi connectivity index (χ0v) is 18.2. The molecule has 2 saturated heterocycles. The number of benzene rings is 1. The molecule has 9 heteroatoms. The van der Waals surface area contributed by atoms with Gasteiger partial charge in [0.1, 0.15) is 11.5 Å². The van der Waals surface area contributed by atoms with Gasteiger partial charge in [-0.05, 0) is 18.2 Å². The molecule has 2 aliphatic rings. The first-order chi connectivity index (χ1) is 12.7. The number of carbonyl (C=O) groups excluding carboxylic acids is 1. The highest BCUT2D eigenvalue weighted by Gasteiger charge is 2.25. The Hall–Kier alpha value is -1.25. The number of nitrogens with one attached hydrogen (secondary N) is 1. The summed E-state index contributed by atoms with van der Waals surface area (Å²) in [5, 5.41) is 3.35. The molecule has 1 aromatic rings. The standard InChI is InChI=1S/C19H29N3O4.2ClH/c1-24-17-3-4-18(25-2)15(11-17)13-21-6-8-22(9-7-21)19(23)12-16-14-26-10-5-20-16;;/h3-4,11,16,20H,5-10,12-14H2,1-2H3;2*1H. The molecule has 1 atom stereocenters. The molecule has 1 unspecified atom stereocenters. The third kappa shape index (κ3) is 6.67. The van der Waals surface area contributed by atoms with E-state index < -0.39 is 0 Å². The van der Waals surface area contributed by atoms with Crippen LogP contribution in [0.4, 0.5) is 0 Å². The maximum Gasteiger partial charge on any atom is 0.224 e. The molecule has 160 valence electrons. The van der Waals surface area contributed by atoms with Crippen molar-refractivity contribution >= 4 is 30.7 Å². The predicted octanol–water partition coefficient (Wildman–Crippen LogP) is 1.57. The van der Waals surface area contributed by atoms with Gasteiger partial charge in [0, 0.05) is 57.3 Å². The van der Waals surface area contributed by atoms with E-state index in [0.29, 0.717) is 13.0 Å². The predicted molar refractivity (Wildman–Crippen MR) is 113 cm³/mol. The maximum absolute atomic E-state index is 12.5. The third-order valence-electron chi connectivity index (χ3n) is 5.03. The summed E-state index contributed by atoms with van der Waals surface area (Å²) in [5.41, 5.74) is 1.11. The summed E-state index contributed by atoms with van der Waals surface area (Å²) >= 11 is 0. The Labute approximate surface area is 179 Å². The third-order valence-corrected chi connectivity index (χ3v) is 5.03. The van der Waals surface area contributed by atoms with Gasteiger partial charge in [-0.15, -0.1) is 24.8 Å². The van der Waals surface area contributed by atoms with Crippen LogP contribution in [0.3, 0.4) is 0 Å². The summed E-state index contributed by atoms with van der Waals surface area (Å²) in [6.45, 7) is 6.23. The molecule has 1 N–H and O–H groups in total. The summed E-state index contributed by atoms with van der Waals surface area (Å²) in [6, 6.07) is 6.01. The second-order valence-corrected chi connectivity index (χ2v) is 6.76. The average molecular weight is 436 g/mol. The van der Waals surface area contributed by atoms with E-state index >= 15 is 0 Å². The number of piperazine rings is 1. The normalized spacial score (nSPS) is 19.9. The highest BCUT2D eigenvalue weighted by atomic mass is 35.5. The van der Waals surface area contributed by atoms with Crippen molar-refractivity contribution in [1.82, 2.24) is 15.1 Å². The van der Waals surface area contributed by atoms with Gasteiger partial charge in [-0.1, -0.05) is 0 Å². The fourth-order valence-electron chi connectivity index (χ4n) is 3.49. The van der Waals surface area contributed by atoms with Crippen LogP contribution >= 0.6 is 24.8 Å². The number of amides is 1. The molecule has 2 aliphatic heterocycles. The smallest absolute Gasteiger partial charge is 0.224 e. The van der Waals surface area contributed by atoms with Crippen LogP contribution in [0.15, 0.2) is 18.2 Å². The highest BCUT2D eigenvalue weighted by molar-refractivity contribution is 5.85. The van der Waals surface area contributed by atoms with Crippen molar-refractivity contribution in [3.63, 3.8) is 0 Å². The minimum absolute atomic E-state index is 0. The van der Waals surface area contributed by atoms with Crippen LogP contribution in [0, 0.1) is 0 Å². The first kappa shape index (κ1) is 24.8. The molecule has 7 nitrogen and oxygen atoms in total. The summed E-state index contributed by atoms with van der Waals surface area (Å²) in [6.07, 6.45) is 0.518. The van der Waals surface area contributed by atoms with E-state index in [1.54, 1.807) is 14.2 Å². The molecular weight excluding hydrogens is 405 g/mol. The van der Waals surface area contributed by atoms with Crippen LogP contribution < -0.4 is 14.8 Å². The van der Waals surface area contributed by atoms with Crippen molar-refractivity contribution in [2.75, 3.05) is 60.2 Å². The number of hydrogen-bond donors (Lipinski definition) is 1. The van der Waals surface area contributed by atoms with Gasteiger partial charge in [-0.3, -0.25) is 9.69 Å². The number of nitrogens with zero attached hydrogens (tertiary/aromatic N) is 2. The van der Waals surface area contributed by atoms with Crippen LogP contribution in [0.5, 0.6) is 11.5 Å². The van der Waals surface area contributed by atoms with Gasteiger partial charge in [-0.2, -0.15) is 0 Å². The second-order valence-electron chi connectivity index (χ2n) is 6.76. The molecule has 0 saturated carbocycles. The molecule has 0 spiro atoms. The van der Waals surface area contributed by atoms with E-state index in [4.69, 9.17) is 14.2 Å². The number of methoxy groups -OCH3 is 2. The van der Waals surface area contributed by atoms with E-state index in [2.05, 4.69) is 10.2 Å². The Morgan fingerprint density at radius 2 is 1.93 bits per heavy atom. The molecule has 0 bridgehead atoms. The molecular formula is C19H31Cl2N3O4. The van der Waals surface area contributed by atoms with Gasteiger partial charge in [-0.25, -0.2) is 0 Å². The average Bonchev–Trinajstić information content (AvgIpc) is 2.69. The lowest BCUT2D eigenvalue weighted by molar-refractivity contribution is -0.134. The van der Waals surface area contributed by atoms with Crippen LogP contribution in [-0.2, 0) is 16.1 Å². The fourth-order valence-corrected chi connectivity index (χ4v) is 3.49. The van der Waals surface area contributed by atoms with Gasteiger partial charge in [0.2, 0.25) is 5.91 Å². The van der Waals surface area contributed by atoms with E-state index in [-0.39, 0.29) is 36.8 Å². The van der Waals surface area contributed by atoms with Crippen molar-refractivity contribution in [2.45, 2.75) is 19.0 Å². The maximum atomic E-state index is 12.5. The monoisotopic (exact) mass is 435 g/mol. The number of carbonyl (C=O) groups is 1. The van der Waals surface area contributed by atoms with Gasteiger partial charge in [0.05, 0.1) is 27.4 Å². The Kier molecular flexibility index (Phi) is 10.9. The Morgan fingerprint density at radius 3 is 2.54 bits per heavy atom. The first-order valence-electron chi connectivity index (χ1n) is 9.21. The quantitative estimate of drug-likeness (QED) is 0.731. The summed E-state index contributed by atoms with van der Waals surface area (Å²) < 4.78 is 16.2. The van der Waals surface area contributed by atoms with Crippen molar-refractivity contribution < 1.29 is 19.0 Å². The van der Waals surface area contributed by atoms with Gasteiger partial charge >= 0.3 is 0 Å². The van der Waals surface area contributed by atoms with Gasteiger partial charge in [0.25, 0.3) is 0 Å². The Balaban J connectivity index is 0.00000196. The lowest BCUT2D eigenvalue weighted by Crippen LogP contribution is -2.51. The lowest BCUT2D eigenvalue weighted by Gasteiger charge is -2.36. The first-order valence-corrected chi connectivity index (χ1v) is 9.21. The highest BCUT2D eigenvalue weighted by Crippen LogP contribution is 2.25. The Bertz CT molecular complexity index is 607. The molecule has 1 amide bonds. The number of morpholine rings is 1. The molecule has 0 radical (unpaired) electrons. The van der Waals surface area contributed by atoms with Gasteiger partial charge < -0.3 is 24.4 Å². The summed E-state index contributed by atoms with van der Waals surface area (Å²) in [7, 11) is 3.35. The summed E-state index contributed by atoms with van der Waals surface area (Å²) in [5.74, 6) is 1.91. The van der Waals surface area contributed by atoms with Crippen molar-refractivity contribution in [1.29, 1.82) is 0 Å². The molecule has 0 aromatic heterocycles. The second kappa shape index (κ2) is 12.3. The van der Waals surface area contributed by atoms with Crippen molar-refractivity contribution in [2.24, 2.45) is 0 Å².